The summed E-state index contributed by atoms with van der Waals surface area (Å²) in [5, 5.41) is 10.6. The summed E-state index contributed by atoms with van der Waals surface area (Å²) in [6.07, 6.45) is 0. The first-order valence-corrected chi connectivity index (χ1v) is 4.53. The van der Waals surface area contributed by atoms with Gasteiger partial charge < -0.3 is 9.47 Å². The second-order valence-corrected chi connectivity index (χ2v) is 2.93. The van der Waals surface area contributed by atoms with Gasteiger partial charge in [0.1, 0.15) is 5.56 Å². The zero-order valence-electron chi connectivity index (χ0n) is 8.91. The SMILES string of the molecule is COC(=O)COC(=O)c1ccccc1[N+](=O)[O-]. The van der Waals surface area contributed by atoms with E-state index in [-0.39, 0.29) is 11.3 Å². The monoisotopic (exact) mass is 239 g/mol. The smallest absolute Gasteiger partial charge is 0.345 e. The number of methoxy groups -OCH3 is 1. The third kappa shape index (κ3) is 3.26. The standard InChI is InChI=1S/C10H9NO6/c1-16-9(12)6-17-10(13)7-4-2-3-5-8(7)11(14)15/h2-5H,6H2,1H3. The number of hydrogen-bond acceptors (Lipinski definition) is 6. The number of para-hydroxylation sites is 1. The second kappa shape index (κ2) is 5.59. The summed E-state index contributed by atoms with van der Waals surface area (Å²) < 4.78 is 8.82. The Labute approximate surface area is 96.1 Å². The van der Waals surface area contributed by atoms with E-state index >= 15 is 0 Å². The number of carbonyl (C=O) groups is 2. The number of hydrogen-bond donors (Lipinski definition) is 0. The van der Waals surface area contributed by atoms with Crippen LogP contribution in [0.4, 0.5) is 5.69 Å². The van der Waals surface area contributed by atoms with Crippen molar-refractivity contribution in [2.24, 2.45) is 0 Å². The minimum absolute atomic E-state index is 0.207. The largest absolute Gasteiger partial charge is 0.466 e. The molecule has 0 unspecified atom stereocenters. The van der Waals surface area contributed by atoms with E-state index in [0.717, 1.165) is 7.11 Å². The maximum atomic E-state index is 11.5. The summed E-state index contributed by atoms with van der Waals surface area (Å²) >= 11 is 0. The van der Waals surface area contributed by atoms with Crippen molar-refractivity contribution in [3.8, 4) is 0 Å². The molecule has 0 saturated carbocycles. The van der Waals surface area contributed by atoms with Gasteiger partial charge in [-0.25, -0.2) is 9.59 Å². The molecule has 0 bridgehead atoms. The number of nitro benzene ring substituents is 1. The molecule has 0 radical (unpaired) electrons. The van der Waals surface area contributed by atoms with Crippen LogP contribution in [0.25, 0.3) is 0 Å². The quantitative estimate of drug-likeness (QED) is 0.440. The van der Waals surface area contributed by atoms with E-state index in [2.05, 4.69) is 9.47 Å². The van der Waals surface area contributed by atoms with Gasteiger partial charge in [-0.2, -0.15) is 0 Å². The first-order chi connectivity index (χ1) is 8.06. The van der Waals surface area contributed by atoms with Crippen LogP contribution < -0.4 is 0 Å². The maximum absolute atomic E-state index is 11.5. The molecule has 90 valence electrons. The Hall–Kier alpha value is -2.44. The Morgan fingerprint density at radius 3 is 2.59 bits per heavy atom. The lowest BCUT2D eigenvalue weighted by molar-refractivity contribution is -0.385. The first kappa shape index (κ1) is 12.6. The fraction of sp³-hybridized carbons (Fsp3) is 0.200. The van der Waals surface area contributed by atoms with Crippen molar-refractivity contribution in [3.63, 3.8) is 0 Å². The number of ether oxygens (including phenoxy) is 2. The van der Waals surface area contributed by atoms with Gasteiger partial charge >= 0.3 is 11.9 Å². The highest BCUT2D eigenvalue weighted by Gasteiger charge is 2.21. The van der Waals surface area contributed by atoms with Crippen molar-refractivity contribution in [2.75, 3.05) is 13.7 Å². The number of benzene rings is 1. The molecule has 0 spiro atoms. The minimum Gasteiger partial charge on any atom is -0.466 e. The van der Waals surface area contributed by atoms with Crippen LogP contribution in [0.2, 0.25) is 0 Å². The second-order valence-electron chi connectivity index (χ2n) is 2.93. The van der Waals surface area contributed by atoms with Gasteiger partial charge in [-0.15, -0.1) is 0 Å². The molecule has 0 aliphatic rings. The molecule has 1 rings (SSSR count). The van der Waals surface area contributed by atoms with Crippen molar-refractivity contribution < 1.29 is 24.0 Å². The average molecular weight is 239 g/mol. The molecule has 0 heterocycles. The Morgan fingerprint density at radius 2 is 2.00 bits per heavy atom. The lowest BCUT2D eigenvalue weighted by Crippen LogP contribution is -2.15. The van der Waals surface area contributed by atoms with Crippen LogP contribution in [0.15, 0.2) is 24.3 Å². The fourth-order valence-corrected chi connectivity index (χ4v) is 1.07. The predicted molar refractivity (Wildman–Crippen MR) is 55.4 cm³/mol. The zero-order chi connectivity index (χ0) is 12.8. The molecule has 0 atom stereocenters. The van der Waals surface area contributed by atoms with Crippen LogP contribution in [0, 0.1) is 10.1 Å². The van der Waals surface area contributed by atoms with E-state index in [1.807, 2.05) is 0 Å². The summed E-state index contributed by atoms with van der Waals surface area (Å²) in [5.74, 6) is -1.68. The molecule has 0 saturated heterocycles. The third-order valence-corrected chi connectivity index (χ3v) is 1.87. The summed E-state index contributed by atoms with van der Waals surface area (Å²) in [7, 11) is 1.14. The number of nitro groups is 1. The highest BCUT2D eigenvalue weighted by molar-refractivity contribution is 5.94. The van der Waals surface area contributed by atoms with Crippen molar-refractivity contribution >= 4 is 17.6 Å². The van der Waals surface area contributed by atoms with Gasteiger partial charge in [0.15, 0.2) is 6.61 Å². The number of esters is 2. The van der Waals surface area contributed by atoms with Crippen LogP contribution in [0.3, 0.4) is 0 Å². The van der Waals surface area contributed by atoms with E-state index < -0.39 is 23.5 Å². The molecule has 7 nitrogen and oxygen atoms in total. The molecular formula is C10H9NO6. The molecular weight excluding hydrogens is 230 g/mol. The van der Waals surface area contributed by atoms with E-state index in [9.17, 15) is 19.7 Å². The molecule has 1 aromatic carbocycles. The van der Waals surface area contributed by atoms with E-state index in [4.69, 9.17) is 0 Å². The molecule has 0 amide bonds. The Balaban J connectivity index is 2.82. The van der Waals surface area contributed by atoms with Gasteiger partial charge in [0.25, 0.3) is 5.69 Å². The number of nitrogens with zero attached hydrogens (tertiary/aromatic N) is 1. The van der Waals surface area contributed by atoms with Crippen LogP contribution in [0.1, 0.15) is 10.4 Å². The molecule has 0 N–H and O–H groups in total. The molecule has 0 aliphatic heterocycles. The lowest BCUT2D eigenvalue weighted by atomic mass is 10.2. The Bertz CT molecular complexity index is 456. The van der Waals surface area contributed by atoms with Gasteiger partial charge in [-0.3, -0.25) is 10.1 Å². The van der Waals surface area contributed by atoms with Crippen molar-refractivity contribution in [1.82, 2.24) is 0 Å². The van der Waals surface area contributed by atoms with Crippen LogP contribution >= 0.6 is 0 Å². The molecule has 0 aromatic heterocycles. The van der Waals surface area contributed by atoms with Crippen molar-refractivity contribution in [3.05, 3.63) is 39.9 Å². The van der Waals surface area contributed by atoms with Crippen LogP contribution in [-0.4, -0.2) is 30.6 Å². The average Bonchev–Trinajstić information content (AvgIpc) is 2.35. The van der Waals surface area contributed by atoms with Gasteiger partial charge in [0.2, 0.25) is 0 Å². The number of rotatable bonds is 4. The molecule has 0 fully saturated rings. The van der Waals surface area contributed by atoms with Gasteiger partial charge in [0, 0.05) is 6.07 Å². The van der Waals surface area contributed by atoms with E-state index in [1.54, 1.807) is 0 Å². The maximum Gasteiger partial charge on any atom is 0.345 e. The third-order valence-electron chi connectivity index (χ3n) is 1.87. The topological polar surface area (TPSA) is 95.7 Å². The lowest BCUT2D eigenvalue weighted by Gasteiger charge is -2.03. The molecule has 17 heavy (non-hydrogen) atoms. The summed E-state index contributed by atoms with van der Waals surface area (Å²) in [6.45, 7) is -0.582. The Kier molecular flexibility index (Phi) is 4.15. The van der Waals surface area contributed by atoms with E-state index in [0.29, 0.717) is 0 Å². The summed E-state index contributed by atoms with van der Waals surface area (Å²) in [5.41, 5.74) is -0.580. The normalized spacial score (nSPS) is 9.47. The summed E-state index contributed by atoms with van der Waals surface area (Å²) in [4.78, 5) is 32.1. The van der Waals surface area contributed by atoms with Gasteiger partial charge in [-0.05, 0) is 6.07 Å². The fourth-order valence-electron chi connectivity index (χ4n) is 1.07. The number of carbonyl (C=O) groups excluding carboxylic acids is 2. The highest BCUT2D eigenvalue weighted by atomic mass is 16.6. The van der Waals surface area contributed by atoms with Crippen molar-refractivity contribution in [2.45, 2.75) is 0 Å². The molecule has 7 heteroatoms. The summed E-state index contributed by atoms with van der Waals surface area (Å²) in [6, 6.07) is 5.31. The van der Waals surface area contributed by atoms with Gasteiger partial charge in [0.05, 0.1) is 12.0 Å². The van der Waals surface area contributed by atoms with Crippen LogP contribution in [0.5, 0.6) is 0 Å². The van der Waals surface area contributed by atoms with E-state index in [1.165, 1.54) is 24.3 Å². The zero-order valence-corrected chi connectivity index (χ0v) is 8.91. The van der Waals surface area contributed by atoms with Crippen molar-refractivity contribution in [1.29, 1.82) is 0 Å². The molecule has 0 aliphatic carbocycles. The highest BCUT2D eigenvalue weighted by Crippen LogP contribution is 2.18. The Morgan fingerprint density at radius 1 is 1.35 bits per heavy atom. The first-order valence-electron chi connectivity index (χ1n) is 4.53. The van der Waals surface area contributed by atoms with Gasteiger partial charge in [-0.1, -0.05) is 12.1 Å². The predicted octanol–water partition coefficient (Wildman–Crippen LogP) is 0.925. The molecule has 1 aromatic rings. The minimum atomic E-state index is -0.942. The van der Waals surface area contributed by atoms with Crippen LogP contribution in [-0.2, 0) is 14.3 Å².